The zero-order valence-corrected chi connectivity index (χ0v) is 11.3. The molecular formula is C13H16N2O5. The summed E-state index contributed by atoms with van der Waals surface area (Å²) in [5, 5.41) is 13.3. The number of esters is 1. The molecule has 0 spiro atoms. The first kappa shape index (κ1) is 15.6. The lowest BCUT2D eigenvalue weighted by molar-refractivity contribution is -0.385. The van der Waals surface area contributed by atoms with E-state index in [1.165, 1.54) is 25.3 Å². The van der Waals surface area contributed by atoms with E-state index in [2.05, 4.69) is 10.1 Å². The molecule has 7 heteroatoms. The molecule has 108 valence electrons. The Morgan fingerprint density at radius 2 is 2.05 bits per heavy atom. The number of hydrogen-bond acceptors (Lipinski definition) is 5. The Morgan fingerprint density at radius 3 is 2.60 bits per heavy atom. The van der Waals surface area contributed by atoms with Crippen molar-refractivity contribution in [2.75, 3.05) is 7.11 Å². The van der Waals surface area contributed by atoms with Gasteiger partial charge < -0.3 is 10.1 Å². The van der Waals surface area contributed by atoms with Gasteiger partial charge >= 0.3 is 5.97 Å². The molecule has 1 N–H and O–H groups in total. The third kappa shape index (κ3) is 4.04. The molecule has 0 aromatic heterocycles. The van der Waals surface area contributed by atoms with Crippen LogP contribution >= 0.6 is 0 Å². The summed E-state index contributed by atoms with van der Waals surface area (Å²) in [4.78, 5) is 33.5. The van der Waals surface area contributed by atoms with E-state index >= 15 is 0 Å². The molecule has 0 aliphatic heterocycles. The number of carbonyl (C=O) groups is 2. The number of nitro benzene ring substituents is 1. The molecule has 0 radical (unpaired) electrons. The molecule has 0 aliphatic carbocycles. The summed E-state index contributed by atoms with van der Waals surface area (Å²) in [7, 11) is 1.24. The standard InChI is InChI=1S/C13H16N2O5/c1-3-10(13(17)20-2)14-12(16)8-9-6-4-5-7-11(9)15(18)19/h4-7,10H,3,8H2,1-2H3,(H,14,16). The molecule has 0 saturated heterocycles. The van der Waals surface area contributed by atoms with Gasteiger partial charge in [0, 0.05) is 11.6 Å². The number of methoxy groups -OCH3 is 1. The fourth-order valence-electron chi connectivity index (χ4n) is 1.73. The first-order chi connectivity index (χ1) is 9.49. The average molecular weight is 280 g/mol. The Hall–Kier alpha value is -2.44. The third-order valence-corrected chi connectivity index (χ3v) is 2.77. The van der Waals surface area contributed by atoms with Crippen LogP contribution in [0.1, 0.15) is 18.9 Å². The Morgan fingerprint density at radius 1 is 1.40 bits per heavy atom. The number of carbonyl (C=O) groups excluding carboxylic acids is 2. The normalized spacial score (nSPS) is 11.5. The number of benzene rings is 1. The van der Waals surface area contributed by atoms with E-state index in [0.29, 0.717) is 12.0 Å². The predicted molar refractivity (Wildman–Crippen MR) is 71.0 cm³/mol. The first-order valence-electron chi connectivity index (χ1n) is 6.09. The van der Waals surface area contributed by atoms with Gasteiger partial charge in [-0.1, -0.05) is 25.1 Å². The molecule has 0 saturated carbocycles. The van der Waals surface area contributed by atoms with Crippen LogP contribution in [0.5, 0.6) is 0 Å². The number of nitro groups is 1. The molecule has 1 unspecified atom stereocenters. The maximum absolute atomic E-state index is 11.8. The van der Waals surface area contributed by atoms with E-state index in [4.69, 9.17) is 0 Å². The molecule has 0 bridgehead atoms. The molecule has 0 aliphatic rings. The molecular weight excluding hydrogens is 264 g/mol. The maximum Gasteiger partial charge on any atom is 0.328 e. The fraction of sp³-hybridized carbons (Fsp3) is 0.385. The number of nitrogens with zero attached hydrogens (tertiary/aromatic N) is 1. The van der Waals surface area contributed by atoms with Gasteiger partial charge in [0.05, 0.1) is 18.5 Å². The summed E-state index contributed by atoms with van der Waals surface area (Å²) in [6, 6.07) is 5.25. The monoisotopic (exact) mass is 280 g/mol. The largest absolute Gasteiger partial charge is 0.467 e. The van der Waals surface area contributed by atoms with Crippen molar-refractivity contribution in [2.45, 2.75) is 25.8 Å². The minimum absolute atomic E-state index is 0.117. The van der Waals surface area contributed by atoms with Crippen molar-refractivity contribution >= 4 is 17.6 Å². The summed E-state index contributed by atoms with van der Waals surface area (Å²) in [6.45, 7) is 1.73. The van der Waals surface area contributed by atoms with E-state index in [9.17, 15) is 19.7 Å². The minimum atomic E-state index is -0.740. The van der Waals surface area contributed by atoms with E-state index in [1.54, 1.807) is 13.0 Å². The van der Waals surface area contributed by atoms with Gasteiger partial charge in [0.2, 0.25) is 5.91 Å². The highest BCUT2D eigenvalue weighted by atomic mass is 16.6. The van der Waals surface area contributed by atoms with Crippen molar-refractivity contribution in [3.8, 4) is 0 Å². The van der Waals surface area contributed by atoms with Crippen molar-refractivity contribution < 1.29 is 19.2 Å². The van der Waals surface area contributed by atoms with Crippen LogP contribution in [0.25, 0.3) is 0 Å². The molecule has 1 aromatic rings. The Kier molecular flexibility index (Phi) is 5.64. The van der Waals surface area contributed by atoms with Gasteiger partial charge in [-0.3, -0.25) is 14.9 Å². The lowest BCUT2D eigenvalue weighted by atomic mass is 10.1. The summed E-state index contributed by atoms with van der Waals surface area (Å²) >= 11 is 0. The Balaban J connectivity index is 2.76. The fourth-order valence-corrected chi connectivity index (χ4v) is 1.73. The van der Waals surface area contributed by atoms with Crippen molar-refractivity contribution in [1.29, 1.82) is 0 Å². The van der Waals surface area contributed by atoms with E-state index in [-0.39, 0.29) is 12.1 Å². The second-order valence-corrected chi connectivity index (χ2v) is 4.11. The zero-order valence-electron chi connectivity index (χ0n) is 11.3. The van der Waals surface area contributed by atoms with E-state index in [0.717, 1.165) is 0 Å². The molecule has 20 heavy (non-hydrogen) atoms. The summed E-state index contributed by atoms with van der Waals surface area (Å²) in [5.74, 6) is -1.00. The molecule has 1 amide bonds. The van der Waals surface area contributed by atoms with Crippen LogP contribution in [0, 0.1) is 10.1 Å². The predicted octanol–water partition coefficient (Wildman–Crippen LogP) is 1.21. The molecule has 7 nitrogen and oxygen atoms in total. The van der Waals surface area contributed by atoms with E-state index in [1.807, 2.05) is 0 Å². The van der Waals surface area contributed by atoms with Crippen LogP contribution in [0.4, 0.5) is 5.69 Å². The molecule has 0 fully saturated rings. The van der Waals surface area contributed by atoms with Crippen LogP contribution in [-0.4, -0.2) is 30.0 Å². The molecule has 1 atom stereocenters. The number of hydrogen-bond donors (Lipinski definition) is 1. The van der Waals surface area contributed by atoms with Crippen LogP contribution in [0.15, 0.2) is 24.3 Å². The van der Waals surface area contributed by atoms with Crippen LogP contribution < -0.4 is 5.32 Å². The Bertz CT molecular complexity index is 515. The number of para-hydroxylation sites is 1. The minimum Gasteiger partial charge on any atom is -0.467 e. The highest BCUT2D eigenvalue weighted by Gasteiger charge is 2.21. The number of nitrogens with one attached hydrogen (secondary N) is 1. The number of rotatable bonds is 6. The Labute approximate surface area is 116 Å². The molecule has 1 aromatic carbocycles. The second kappa shape index (κ2) is 7.22. The van der Waals surface area contributed by atoms with Gasteiger partial charge in [-0.2, -0.15) is 0 Å². The second-order valence-electron chi connectivity index (χ2n) is 4.11. The number of amides is 1. The van der Waals surface area contributed by atoms with Crippen LogP contribution in [0.3, 0.4) is 0 Å². The number of ether oxygens (including phenoxy) is 1. The van der Waals surface area contributed by atoms with Crippen LogP contribution in [0.2, 0.25) is 0 Å². The van der Waals surface area contributed by atoms with Gasteiger partial charge in [0.15, 0.2) is 0 Å². The summed E-state index contributed by atoms with van der Waals surface area (Å²) in [5.41, 5.74) is 0.184. The van der Waals surface area contributed by atoms with Crippen molar-refractivity contribution in [3.63, 3.8) is 0 Å². The first-order valence-corrected chi connectivity index (χ1v) is 6.09. The van der Waals surface area contributed by atoms with Gasteiger partial charge in [-0.15, -0.1) is 0 Å². The van der Waals surface area contributed by atoms with Crippen molar-refractivity contribution in [2.24, 2.45) is 0 Å². The van der Waals surface area contributed by atoms with Gasteiger partial charge in [0.1, 0.15) is 6.04 Å². The third-order valence-electron chi connectivity index (χ3n) is 2.77. The maximum atomic E-state index is 11.8. The lowest BCUT2D eigenvalue weighted by Crippen LogP contribution is -2.41. The van der Waals surface area contributed by atoms with Crippen LogP contribution in [-0.2, 0) is 20.7 Å². The van der Waals surface area contributed by atoms with E-state index < -0.39 is 22.8 Å². The average Bonchev–Trinajstić information content (AvgIpc) is 2.44. The molecule has 1 rings (SSSR count). The smallest absolute Gasteiger partial charge is 0.328 e. The van der Waals surface area contributed by atoms with Gasteiger partial charge in [-0.05, 0) is 6.42 Å². The molecule has 0 heterocycles. The summed E-state index contributed by atoms with van der Waals surface area (Å²) in [6.07, 6.45) is 0.222. The lowest BCUT2D eigenvalue weighted by Gasteiger charge is -2.14. The van der Waals surface area contributed by atoms with Crippen molar-refractivity contribution in [3.05, 3.63) is 39.9 Å². The highest BCUT2D eigenvalue weighted by Crippen LogP contribution is 2.18. The van der Waals surface area contributed by atoms with Gasteiger partial charge in [-0.25, -0.2) is 4.79 Å². The van der Waals surface area contributed by atoms with Gasteiger partial charge in [0.25, 0.3) is 5.69 Å². The topological polar surface area (TPSA) is 98.5 Å². The SMILES string of the molecule is CCC(NC(=O)Cc1ccccc1[N+](=O)[O-])C(=O)OC. The zero-order chi connectivity index (χ0) is 15.1. The van der Waals surface area contributed by atoms with Crippen molar-refractivity contribution in [1.82, 2.24) is 5.32 Å². The summed E-state index contributed by atoms with van der Waals surface area (Å²) < 4.78 is 4.55. The highest BCUT2D eigenvalue weighted by molar-refractivity contribution is 5.86. The quantitative estimate of drug-likeness (QED) is 0.479.